The second-order valence-corrected chi connectivity index (χ2v) is 6.37. The summed E-state index contributed by atoms with van der Waals surface area (Å²) in [5, 5.41) is 11.1. The molecule has 2 aromatic carbocycles. The van der Waals surface area contributed by atoms with Gasteiger partial charge in [-0.25, -0.2) is 0 Å². The molecule has 0 spiro atoms. The average molecular weight is 250 g/mol. The molecule has 0 saturated heterocycles. The Balaban J connectivity index is 2.12. The van der Waals surface area contributed by atoms with E-state index in [4.69, 9.17) is 0 Å². The van der Waals surface area contributed by atoms with Crippen LogP contribution in [0.4, 0.5) is 0 Å². The summed E-state index contributed by atoms with van der Waals surface area (Å²) in [6.07, 6.45) is 1.01. The van der Waals surface area contributed by atoms with Crippen LogP contribution in [0.3, 0.4) is 0 Å². The van der Waals surface area contributed by atoms with Gasteiger partial charge in [0.25, 0.3) is 0 Å². The van der Waals surface area contributed by atoms with Crippen LogP contribution in [0.1, 0.15) is 48.4 Å². The van der Waals surface area contributed by atoms with E-state index in [9.17, 15) is 5.11 Å². The molecule has 2 aliphatic rings. The second-order valence-electron chi connectivity index (χ2n) is 6.37. The van der Waals surface area contributed by atoms with Gasteiger partial charge < -0.3 is 5.11 Å². The van der Waals surface area contributed by atoms with Gasteiger partial charge in [0.2, 0.25) is 0 Å². The average Bonchev–Trinajstić information content (AvgIpc) is 2.72. The van der Waals surface area contributed by atoms with Gasteiger partial charge in [0.1, 0.15) is 0 Å². The third-order valence-corrected chi connectivity index (χ3v) is 5.29. The fraction of sp³-hybridized carbons (Fsp3) is 0.333. The number of aliphatic hydroxyl groups is 1. The van der Waals surface area contributed by atoms with Crippen molar-refractivity contribution in [1.82, 2.24) is 0 Å². The molecule has 0 aliphatic heterocycles. The number of hydrogen-bond acceptors (Lipinski definition) is 1. The van der Waals surface area contributed by atoms with Crippen molar-refractivity contribution in [2.75, 3.05) is 0 Å². The molecule has 1 nitrogen and oxygen atoms in total. The third kappa shape index (κ3) is 1.19. The van der Waals surface area contributed by atoms with Gasteiger partial charge in [-0.1, -0.05) is 55.5 Å². The highest BCUT2D eigenvalue weighted by atomic mass is 16.3. The van der Waals surface area contributed by atoms with Gasteiger partial charge in [-0.2, -0.15) is 0 Å². The van der Waals surface area contributed by atoms with E-state index in [1.165, 1.54) is 16.7 Å². The minimum Gasteiger partial charge on any atom is -0.385 e. The molecule has 3 atom stereocenters. The van der Waals surface area contributed by atoms with Gasteiger partial charge in [-0.15, -0.1) is 0 Å². The molecule has 0 aromatic heterocycles. The maximum Gasteiger partial charge on any atom is 0.0940 e. The lowest BCUT2D eigenvalue weighted by atomic mass is 9.65. The highest BCUT2D eigenvalue weighted by molar-refractivity contribution is 5.58. The Morgan fingerprint density at radius 1 is 0.895 bits per heavy atom. The lowest BCUT2D eigenvalue weighted by Crippen LogP contribution is -2.38. The molecule has 2 aliphatic carbocycles. The van der Waals surface area contributed by atoms with Gasteiger partial charge >= 0.3 is 0 Å². The molecule has 0 fully saturated rings. The highest BCUT2D eigenvalue weighted by Gasteiger charge is 2.54. The first-order valence-corrected chi connectivity index (χ1v) is 6.97. The normalized spacial score (nSPS) is 34.8. The van der Waals surface area contributed by atoms with E-state index in [1.807, 2.05) is 13.0 Å². The summed E-state index contributed by atoms with van der Waals surface area (Å²) in [4.78, 5) is 0. The number of fused-ring (bicyclic) bond motifs is 7. The lowest BCUT2D eigenvalue weighted by molar-refractivity contribution is 0.0137. The van der Waals surface area contributed by atoms with Crippen molar-refractivity contribution in [1.29, 1.82) is 0 Å². The minimum absolute atomic E-state index is 0.0556. The first kappa shape index (κ1) is 11.2. The highest BCUT2D eigenvalue weighted by Crippen LogP contribution is 2.61. The molecule has 2 aromatic rings. The number of rotatable bonds is 0. The van der Waals surface area contributed by atoms with Crippen LogP contribution in [-0.4, -0.2) is 5.11 Å². The first-order chi connectivity index (χ1) is 9.05. The summed E-state index contributed by atoms with van der Waals surface area (Å²) in [6.45, 7) is 4.29. The summed E-state index contributed by atoms with van der Waals surface area (Å²) in [7, 11) is 0. The van der Waals surface area contributed by atoms with Crippen LogP contribution in [0.15, 0.2) is 48.5 Å². The molecule has 4 rings (SSSR count). The zero-order valence-electron chi connectivity index (χ0n) is 11.4. The Morgan fingerprint density at radius 3 is 2.21 bits per heavy atom. The zero-order chi connectivity index (χ0) is 13.3. The number of hydrogen-bond donors (Lipinski definition) is 1. The fourth-order valence-corrected chi connectivity index (χ4v) is 4.28. The summed E-state index contributed by atoms with van der Waals surface area (Å²) in [5.74, 6) is 0.212. The Hall–Kier alpha value is -1.60. The molecule has 0 heterocycles. The van der Waals surface area contributed by atoms with Crippen molar-refractivity contribution in [3.05, 3.63) is 70.8 Å². The van der Waals surface area contributed by atoms with Gasteiger partial charge in [-0.3, -0.25) is 0 Å². The molecule has 1 N–H and O–H groups in total. The standard InChI is InChI=1S/C18H18O/c1-17-11-16(12-7-3-4-8-13(12)17)18(2,19)15-10-6-5-9-14(15)17/h3-10,16,19H,11H2,1-2H3/t16-,17+,18+/m0/s1. The van der Waals surface area contributed by atoms with E-state index in [1.54, 1.807) is 0 Å². The molecule has 0 radical (unpaired) electrons. The Bertz CT molecular complexity index is 671. The summed E-state index contributed by atoms with van der Waals surface area (Å²) >= 11 is 0. The lowest BCUT2D eigenvalue weighted by Gasteiger charge is -2.41. The molecule has 2 bridgehead atoms. The van der Waals surface area contributed by atoms with E-state index < -0.39 is 5.60 Å². The zero-order valence-corrected chi connectivity index (χ0v) is 11.4. The van der Waals surface area contributed by atoms with E-state index in [2.05, 4.69) is 49.4 Å². The van der Waals surface area contributed by atoms with Gasteiger partial charge in [0, 0.05) is 11.3 Å². The van der Waals surface area contributed by atoms with Crippen LogP contribution in [0.25, 0.3) is 0 Å². The molecule has 0 saturated carbocycles. The molecule has 96 valence electrons. The molecular formula is C18H18O. The van der Waals surface area contributed by atoms with Crippen molar-refractivity contribution < 1.29 is 5.11 Å². The topological polar surface area (TPSA) is 20.2 Å². The first-order valence-electron chi connectivity index (χ1n) is 6.97. The van der Waals surface area contributed by atoms with E-state index in [0.29, 0.717) is 0 Å². The van der Waals surface area contributed by atoms with E-state index >= 15 is 0 Å². The summed E-state index contributed by atoms with van der Waals surface area (Å²) in [5.41, 5.74) is 4.41. The predicted molar refractivity (Wildman–Crippen MR) is 76.3 cm³/mol. The van der Waals surface area contributed by atoms with Gasteiger partial charge in [0.15, 0.2) is 0 Å². The predicted octanol–water partition coefficient (Wildman–Crippen LogP) is 3.70. The van der Waals surface area contributed by atoms with Crippen molar-refractivity contribution >= 4 is 0 Å². The SMILES string of the molecule is C[C@@]12C[C@@H](c3ccccc31)[C@](C)(O)c1ccccc12. The van der Waals surface area contributed by atoms with Crippen molar-refractivity contribution in [2.24, 2.45) is 0 Å². The second kappa shape index (κ2) is 3.29. The Morgan fingerprint density at radius 2 is 1.47 bits per heavy atom. The van der Waals surface area contributed by atoms with Crippen molar-refractivity contribution in [3.8, 4) is 0 Å². The van der Waals surface area contributed by atoms with Crippen LogP contribution in [0, 0.1) is 0 Å². The maximum absolute atomic E-state index is 11.1. The minimum atomic E-state index is -0.761. The van der Waals surface area contributed by atoms with Crippen LogP contribution >= 0.6 is 0 Å². The van der Waals surface area contributed by atoms with Crippen LogP contribution in [0.2, 0.25) is 0 Å². The van der Waals surface area contributed by atoms with Crippen molar-refractivity contribution in [2.45, 2.75) is 37.2 Å². The monoisotopic (exact) mass is 250 g/mol. The molecule has 1 heteroatoms. The van der Waals surface area contributed by atoms with Gasteiger partial charge in [0.05, 0.1) is 5.60 Å². The number of benzene rings is 2. The van der Waals surface area contributed by atoms with Crippen LogP contribution in [0.5, 0.6) is 0 Å². The summed E-state index contributed by atoms with van der Waals surface area (Å²) in [6, 6.07) is 17.0. The maximum atomic E-state index is 11.1. The van der Waals surface area contributed by atoms with Crippen molar-refractivity contribution in [3.63, 3.8) is 0 Å². The Labute approximate surface area is 113 Å². The smallest absolute Gasteiger partial charge is 0.0940 e. The fourth-order valence-electron chi connectivity index (χ4n) is 4.28. The molecule has 19 heavy (non-hydrogen) atoms. The van der Waals surface area contributed by atoms with Crippen LogP contribution < -0.4 is 0 Å². The molecule has 0 unspecified atom stereocenters. The molecule has 0 amide bonds. The summed E-state index contributed by atoms with van der Waals surface area (Å²) < 4.78 is 0. The van der Waals surface area contributed by atoms with E-state index in [0.717, 1.165) is 12.0 Å². The van der Waals surface area contributed by atoms with Gasteiger partial charge in [-0.05, 0) is 35.6 Å². The largest absolute Gasteiger partial charge is 0.385 e. The molecular weight excluding hydrogens is 232 g/mol. The third-order valence-electron chi connectivity index (χ3n) is 5.29. The van der Waals surface area contributed by atoms with E-state index in [-0.39, 0.29) is 11.3 Å². The van der Waals surface area contributed by atoms with Crippen LogP contribution in [-0.2, 0) is 11.0 Å². The Kier molecular flexibility index (Phi) is 1.95. The quantitative estimate of drug-likeness (QED) is 0.756.